The standard InChI is InChI=1S/C20H25FN2O4S/c1-4-19(23(28(3,25)26)17-9-5-15(2)6-10-17)20(24)22-13-14-27-18-11-7-16(21)8-12-18/h5-12,19H,4,13-14H2,1-3H3,(H,22,24). The Bertz CT molecular complexity index is 883. The number of rotatable bonds is 9. The molecule has 0 radical (unpaired) electrons. The quantitative estimate of drug-likeness (QED) is 0.648. The number of amides is 1. The van der Waals surface area contributed by atoms with Gasteiger partial charge in [0.2, 0.25) is 15.9 Å². The van der Waals surface area contributed by atoms with Crippen molar-refractivity contribution in [3.8, 4) is 5.75 Å². The summed E-state index contributed by atoms with van der Waals surface area (Å²) < 4.78 is 44.2. The summed E-state index contributed by atoms with van der Waals surface area (Å²) in [6.45, 7) is 4.03. The average molecular weight is 408 g/mol. The maximum atomic E-state index is 12.9. The summed E-state index contributed by atoms with van der Waals surface area (Å²) in [6, 6.07) is 11.7. The van der Waals surface area contributed by atoms with Crippen LogP contribution in [0.15, 0.2) is 48.5 Å². The number of anilines is 1. The third-order valence-corrected chi connectivity index (χ3v) is 5.28. The highest BCUT2D eigenvalue weighted by Crippen LogP contribution is 2.23. The lowest BCUT2D eigenvalue weighted by atomic mass is 10.1. The SMILES string of the molecule is CCC(C(=O)NCCOc1ccc(F)cc1)N(c1ccc(C)cc1)S(C)(=O)=O. The summed E-state index contributed by atoms with van der Waals surface area (Å²) in [5, 5.41) is 2.70. The number of hydrogen-bond donors (Lipinski definition) is 1. The van der Waals surface area contributed by atoms with Crippen LogP contribution in [0.25, 0.3) is 0 Å². The van der Waals surface area contributed by atoms with Gasteiger partial charge in [-0.2, -0.15) is 0 Å². The molecule has 6 nitrogen and oxygen atoms in total. The predicted molar refractivity (Wildman–Crippen MR) is 107 cm³/mol. The Morgan fingerprint density at radius 1 is 1.14 bits per heavy atom. The second-order valence-electron chi connectivity index (χ2n) is 6.41. The van der Waals surface area contributed by atoms with E-state index in [9.17, 15) is 17.6 Å². The minimum absolute atomic E-state index is 0.178. The van der Waals surface area contributed by atoms with Gasteiger partial charge >= 0.3 is 0 Å². The molecule has 152 valence electrons. The fourth-order valence-electron chi connectivity index (χ4n) is 2.74. The molecule has 0 aliphatic rings. The van der Waals surface area contributed by atoms with E-state index in [1.807, 2.05) is 6.92 Å². The van der Waals surface area contributed by atoms with Gasteiger partial charge in [0.1, 0.15) is 24.2 Å². The Balaban J connectivity index is 2.02. The number of nitrogens with zero attached hydrogens (tertiary/aromatic N) is 1. The fourth-order valence-corrected chi connectivity index (χ4v) is 3.96. The summed E-state index contributed by atoms with van der Waals surface area (Å²) in [4.78, 5) is 12.6. The van der Waals surface area contributed by atoms with Crippen LogP contribution in [0.1, 0.15) is 18.9 Å². The number of carbonyl (C=O) groups excluding carboxylic acids is 1. The molecule has 0 spiro atoms. The lowest BCUT2D eigenvalue weighted by molar-refractivity contribution is -0.122. The van der Waals surface area contributed by atoms with Crippen LogP contribution in [0.4, 0.5) is 10.1 Å². The maximum absolute atomic E-state index is 12.9. The molecule has 1 unspecified atom stereocenters. The van der Waals surface area contributed by atoms with E-state index < -0.39 is 22.0 Å². The lowest BCUT2D eigenvalue weighted by Gasteiger charge is -2.30. The van der Waals surface area contributed by atoms with E-state index in [-0.39, 0.29) is 19.0 Å². The second-order valence-corrected chi connectivity index (χ2v) is 8.27. The normalized spacial score (nSPS) is 12.3. The fraction of sp³-hybridized carbons (Fsp3) is 0.350. The van der Waals surface area contributed by atoms with Crippen LogP contribution >= 0.6 is 0 Å². The molecule has 2 aromatic carbocycles. The van der Waals surface area contributed by atoms with Crippen molar-refractivity contribution in [3.05, 3.63) is 59.9 Å². The van der Waals surface area contributed by atoms with Gasteiger partial charge in [0.25, 0.3) is 0 Å². The third kappa shape index (κ3) is 5.95. The molecule has 0 saturated heterocycles. The summed E-state index contributed by atoms with van der Waals surface area (Å²) in [6.07, 6.45) is 1.39. The summed E-state index contributed by atoms with van der Waals surface area (Å²) in [7, 11) is -3.66. The summed E-state index contributed by atoms with van der Waals surface area (Å²) in [5.74, 6) is -0.278. The first-order chi connectivity index (χ1) is 13.2. The molecule has 0 aromatic heterocycles. The van der Waals surface area contributed by atoms with Gasteiger partial charge in [0, 0.05) is 0 Å². The monoisotopic (exact) mass is 408 g/mol. The third-order valence-electron chi connectivity index (χ3n) is 4.10. The molecule has 2 rings (SSSR count). The number of benzene rings is 2. The largest absolute Gasteiger partial charge is 0.492 e. The number of ether oxygens (including phenoxy) is 1. The van der Waals surface area contributed by atoms with Gasteiger partial charge in [-0.3, -0.25) is 9.10 Å². The Hall–Kier alpha value is -2.61. The first kappa shape index (κ1) is 21.7. The van der Waals surface area contributed by atoms with Crippen LogP contribution in [0.5, 0.6) is 5.75 Å². The van der Waals surface area contributed by atoms with E-state index >= 15 is 0 Å². The van der Waals surface area contributed by atoms with Gasteiger partial charge < -0.3 is 10.1 Å². The average Bonchev–Trinajstić information content (AvgIpc) is 2.64. The van der Waals surface area contributed by atoms with E-state index in [1.165, 1.54) is 24.3 Å². The molecule has 1 amide bonds. The maximum Gasteiger partial charge on any atom is 0.244 e. The van der Waals surface area contributed by atoms with E-state index in [0.29, 0.717) is 17.9 Å². The Morgan fingerprint density at radius 2 is 1.75 bits per heavy atom. The first-order valence-corrected chi connectivity index (χ1v) is 10.8. The molecule has 8 heteroatoms. The molecule has 0 aliphatic heterocycles. The predicted octanol–water partition coefficient (Wildman–Crippen LogP) is 2.87. The highest BCUT2D eigenvalue weighted by atomic mass is 32.2. The van der Waals surface area contributed by atoms with Crippen molar-refractivity contribution in [3.63, 3.8) is 0 Å². The van der Waals surface area contributed by atoms with Gasteiger partial charge in [-0.1, -0.05) is 24.6 Å². The zero-order valence-corrected chi connectivity index (χ0v) is 17.0. The molecule has 0 heterocycles. The number of halogens is 1. The molecule has 2 aromatic rings. The number of aryl methyl sites for hydroxylation is 1. The summed E-state index contributed by atoms with van der Waals surface area (Å²) >= 11 is 0. The summed E-state index contributed by atoms with van der Waals surface area (Å²) in [5.41, 5.74) is 1.44. The molecule has 1 N–H and O–H groups in total. The van der Waals surface area contributed by atoms with Crippen molar-refractivity contribution in [1.82, 2.24) is 5.32 Å². The number of hydrogen-bond acceptors (Lipinski definition) is 4. The van der Waals surface area contributed by atoms with E-state index in [0.717, 1.165) is 16.1 Å². The van der Waals surface area contributed by atoms with Crippen LogP contribution in [0, 0.1) is 12.7 Å². The van der Waals surface area contributed by atoms with Crippen LogP contribution in [0.3, 0.4) is 0 Å². The van der Waals surface area contributed by atoms with Gasteiger partial charge in [0.15, 0.2) is 0 Å². The highest BCUT2D eigenvalue weighted by Gasteiger charge is 2.31. The van der Waals surface area contributed by atoms with Crippen molar-refractivity contribution in [2.24, 2.45) is 0 Å². The molecule has 1 atom stereocenters. The van der Waals surface area contributed by atoms with E-state index in [1.54, 1.807) is 31.2 Å². The first-order valence-electron chi connectivity index (χ1n) is 8.94. The van der Waals surface area contributed by atoms with Crippen molar-refractivity contribution >= 4 is 21.6 Å². The van der Waals surface area contributed by atoms with Gasteiger partial charge in [-0.15, -0.1) is 0 Å². The van der Waals surface area contributed by atoms with Crippen molar-refractivity contribution in [2.75, 3.05) is 23.7 Å². The molecule has 0 bridgehead atoms. The van der Waals surface area contributed by atoms with Crippen LogP contribution in [-0.2, 0) is 14.8 Å². The molecule has 0 aliphatic carbocycles. The Labute approximate surface area is 165 Å². The minimum Gasteiger partial charge on any atom is -0.492 e. The lowest BCUT2D eigenvalue weighted by Crippen LogP contribution is -2.50. The molecular formula is C20H25FN2O4S. The molecule has 0 fully saturated rings. The van der Waals surface area contributed by atoms with E-state index in [4.69, 9.17) is 4.74 Å². The molecular weight excluding hydrogens is 383 g/mol. The Kier molecular flexibility index (Phi) is 7.39. The van der Waals surface area contributed by atoms with Crippen LogP contribution < -0.4 is 14.4 Å². The van der Waals surface area contributed by atoms with Crippen LogP contribution in [-0.4, -0.2) is 39.8 Å². The zero-order valence-electron chi connectivity index (χ0n) is 16.2. The van der Waals surface area contributed by atoms with Gasteiger partial charge in [-0.05, 0) is 49.7 Å². The topological polar surface area (TPSA) is 75.7 Å². The number of carbonyl (C=O) groups is 1. The van der Waals surface area contributed by atoms with Crippen LogP contribution in [0.2, 0.25) is 0 Å². The Morgan fingerprint density at radius 3 is 2.29 bits per heavy atom. The van der Waals surface area contributed by atoms with Gasteiger partial charge in [0.05, 0.1) is 18.5 Å². The van der Waals surface area contributed by atoms with Crippen molar-refractivity contribution in [2.45, 2.75) is 26.3 Å². The molecule has 0 saturated carbocycles. The number of nitrogens with one attached hydrogen (secondary N) is 1. The molecule has 28 heavy (non-hydrogen) atoms. The van der Waals surface area contributed by atoms with Crippen molar-refractivity contribution in [1.29, 1.82) is 0 Å². The second kappa shape index (κ2) is 9.54. The number of sulfonamides is 1. The highest BCUT2D eigenvalue weighted by molar-refractivity contribution is 7.92. The zero-order chi connectivity index (χ0) is 20.7. The minimum atomic E-state index is -3.66. The van der Waals surface area contributed by atoms with Crippen molar-refractivity contribution < 1.29 is 22.3 Å². The van der Waals surface area contributed by atoms with E-state index in [2.05, 4.69) is 5.32 Å². The smallest absolute Gasteiger partial charge is 0.244 e. The van der Waals surface area contributed by atoms with Gasteiger partial charge in [-0.25, -0.2) is 12.8 Å².